The highest BCUT2D eigenvalue weighted by molar-refractivity contribution is 5.37. The van der Waals surface area contributed by atoms with Crippen LogP contribution in [0.3, 0.4) is 0 Å². The Labute approximate surface area is 111 Å². The molecule has 1 fully saturated rings. The number of aliphatic hydroxyl groups is 1. The quantitative estimate of drug-likeness (QED) is 0.779. The van der Waals surface area contributed by atoms with E-state index in [0.29, 0.717) is 5.92 Å². The molecule has 1 aliphatic rings. The molecular weight excluding hydrogens is 220 g/mol. The van der Waals surface area contributed by atoms with E-state index in [0.717, 1.165) is 24.8 Å². The monoisotopic (exact) mass is 246 g/mol. The van der Waals surface area contributed by atoms with E-state index in [9.17, 15) is 5.11 Å². The minimum Gasteiger partial charge on any atom is -0.385 e. The van der Waals surface area contributed by atoms with Crippen LogP contribution in [0.4, 0.5) is 0 Å². The first kappa shape index (κ1) is 13.6. The molecule has 1 aromatic carbocycles. The molecule has 2 rings (SSSR count). The number of rotatable bonds is 1. The zero-order valence-corrected chi connectivity index (χ0v) is 12.2. The molecule has 0 amide bonds. The SMILES string of the molecule is C[C@H]1CCCC[C@@]1(O)c1ccccc1C(C)(C)C. The van der Waals surface area contributed by atoms with Crippen LogP contribution < -0.4 is 0 Å². The van der Waals surface area contributed by atoms with E-state index < -0.39 is 5.60 Å². The van der Waals surface area contributed by atoms with Crippen molar-refractivity contribution in [3.63, 3.8) is 0 Å². The van der Waals surface area contributed by atoms with Crippen molar-refractivity contribution in [2.24, 2.45) is 5.92 Å². The van der Waals surface area contributed by atoms with Gasteiger partial charge in [-0.2, -0.15) is 0 Å². The number of hydrogen-bond acceptors (Lipinski definition) is 1. The van der Waals surface area contributed by atoms with Crippen LogP contribution in [-0.2, 0) is 11.0 Å². The topological polar surface area (TPSA) is 20.2 Å². The summed E-state index contributed by atoms with van der Waals surface area (Å²) in [5.74, 6) is 0.356. The first-order valence-electron chi connectivity index (χ1n) is 7.18. The smallest absolute Gasteiger partial charge is 0.0924 e. The molecule has 0 unspecified atom stereocenters. The van der Waals surface area contributed by atoms with Crippen LogP contribution in [0.15, 0.2) is 24.3 Å². The molecule has 0 saturated heterocycles. The van der Waals surface area contributed by atoms with Crippen molar-refractivity contribution in [3.8, 4) is 0 Å². The predicted octanol–water partition coefficient (Wildman–Crippen LogP) is 4.38. The van der Waals surface area contributed by atoms with Crippen molar-refractivity contribution in [2.45, 2.75) is 64.4 Å². The molecule has 0 radical (unpaired) electrons. The lowest BCUT2D eigenvalue weighted by molar-refractivity contribution is -0.0482. The Kier molecular flexibility index (Phi) is 3.55. The van der Waals surface area contributed by atoms with Crippen LogP contribution in [0, 0.1) is 5.92 Å². The molecule has 0 heterocycles. The average molecular weight is 246 g/mol. The van der Waals surface area contributed by atoms with Crippen LogP contribution in [0.1, 0.15) is 64.5 Å². The van der Waals surface area contributed by atoms with E-state index in [1.807, 2.05) is 0 Å². The molecule has 1 aromatic rings. The fourth-order valence-corrected chi connectivity index (χ4v) is 3.24. The van der Waals surface area contributed by atoms with E-state index >= 15 is 0 Å². The Morgan fingerprint density at radius 3 is 2.44 bits per heavy atom. The molecule has 1 nitrogen and oxygen atoms in total. The Morgan fingerprint density at radius 1 is 1.17 bits per heavy atom. The lowest BCUT2D eigenvalue weighted by atomic mass is 9.68. The van der Waals surface area contributed by atoms with Gasteiger partial charge in [0.05, 0.1) is 5.60 Å². The van der Waals surface area contributed by atoms with E-state index in [1.165, 1.54) is 12.0 Å². The van der Waals surface area contributed by atoms with Gasteiger partial charge in [-0.05, 0) is 35.3 Å². The molecule has 1 saturated carbocycles. The summed E-state index contributed by atoms with van der Waals surface area (Å²) in [5, 5.41) is 11.2. The highest BCUT2D eigenvalue weighted by atomic mass is 16.3. The molecule has 0 aliphatic heterocycles. The zero-order chi connectivity index (χ0) is 13.4. The third kappa shape index (κ3) is 2.33. The van der Waals surface area contributed by atoms with Gasteiger partial charge in [-0.3, -0.25) is 0 Å². The summed E-state index contributed by atoms with van der Waals surface area (Å²) < 4.78 is 0. The van der Waals surface area contributed by atoms with Gasteiger partial charge in [0, 0.05) is 0 Å². The predicted molar refractivity (Wildman–Crippen MR) is 76.7 cm³/mol. The van der Waals surface area contributed by atoms with Gasteiger partial charge >= 0.3 is 0 Å². The van der Waals surface area contributed by atoms with Gasteiger partial charge in [0.2, 0.25) is 0 Å². The van der Waals surface area contributed by atoms with Crippen LogP contribution in [0.25, 0.3) is 0 Å². The summed E-state index contributed by atoms with van der Waals surface area (Å²) >= 11 is 0. The number of hydrogen-bond donors (Lipinski definition) is 1. The van der Waals surface area contributed by atoms with Gasteiger partial charge in [-0.1, -0.05) is 64.8 Å². The molecule has 0 aromatic heterocycles. The second-order valence-corrected chi connectivity index (χ2v) is 6.87. The summed E-state index contributed by atoms with van der Waals surface area (Å²) in [6.07, 6.45) is 4.43. The largest absolute Gasteiger partial charge is 0.385 e. The van der Waals surface area contributed by atoms with Crippen molar-refractivity contribution in [1.82, 2.24) is 0 Å². The molecule has 1 aliphatic carbocycles. The maximum Gasteiger partial charge on any atom is 0.0924 e. The third-order valence-corrected chi connectivity index (χ3v) is 4.46. The Balaban J connectivity index is 2.50. The Hall–Kier alpha value is -0.820. The summed E-state index contributed by atoms with van der Waals surface area (Å²) in [5.41, 5.74) is 1.91. The molecule has 0 spiro atoms. The van der Waals surface area contributed by atoms with Gasteiger partial charge in [0.25, 0.3) is 0 Å². The highest BCUT2D eigenvalue weighted by Gasteiger charge is 2.40. The molecule has 1 heteroatoms. The average Bonchev–Trinajstić information content (AvgIpc) is 2.32. The fraction of sp³-hybridized carbons (Fsp3) is 0.647. The molecule has 18 heavy (non-hydrogen) atoms. The molecule has 0 bridgehead atoms. The second kappa shape index (κ2) is 4.70. The molecule has 100 valence electrons. The molecule has 1 N–H and O–H groups in total. The van der Waals surface area contributed by atoms with Crippen LogP contribution >= 0.6 is 0 Å². The first-order chi connectivity index (χ1) is 8.36. The van der Waals surface area contributed by atoms with Gasteiger partial charge in [-0.25, -0.2) is 0 Å². The lowest BCUT2D eigenvalue weighted by Crippen LogP contribution is -2.38. The van der Waals surface area contributed by atoms with Crippen LogP contribution in [-0.4, -0.2) is 5.11 Å². The van der Waals surface area contributed by atoms with Gasteiger partial charge in [0.15, 0.2) is 0 Å². The normalized spacial score (nSPS) is 29.3. The minimum atomic E-state index is -0.623. The summed E-state index contributed by atoms with van der Waals surface area (Å²) in [4.78, 5) is 0. The van der Waals surface area contributed by atoms with Gasteiger partial charge in [0.1, 0.15) is 0 Å². The van der Waals surface area contributed by atoms with Crippen molar-refractivity contribution in [1.29, 1.82) is 0 Å². The summed E-state index contributed by atoms with van der Waals surface area (Å²) in [6, 6.07) is 8.45. The van der Waals surface area contributed by atoms with E-state index in [4.69, 9.17) is 0 Å². The van der Waals surface area contributed by atoms with Crippen LogP contribution in [0.2, 0.25) is 0 Å². The fourth-order valence-electron chi connectivity index (χ4n) is 3.24. The second-order valence-electron chi connectivity index (χ2n) is 6.87. The summed E-state index contributed by atoms with van der Waals surface area (Å²) in [7, 11) is 0. The lowest BCUT2D eigenvalue weighted by Gasteiger charge is -2.41. The van der Waals surface area contributed by atoms with Crippen molar-refractivity contribution in [3.05, 3.63) is 35.4 Å². The van der Waals surface area contributed by atoms with Crippen molar-refractivity contribution >= 4 is 0 Å². The van der Waals surface area contributed by atoms with Crippen LogP contribution in [0.5, 0.6) is 0 Å². The minimum absolute atomic E-state index is 0.0868. The van der Waals surface area contributed by atoms with Gasteiger partial charge < -0.3 is 5.11 Å². The number of benzene rings is 1. The summed E-state index contributed by atoms with van der Waals surface area (Å²) in [6.45, 7) is 8.87. The van der Waals surface area contributed by atoms with Crippen molar-refractivity contribution < 1.29 is 5.11 Å². The van der Waals surface area contributed by atoms with Gasteiger partial charge in [-0.15, -0.1) is 0 Å². The zero-order valence-electron chi connectivity index (χ0n) is 12.2. The maximum atomic E-state index is 11.2. The standard InChI is InChI=1S/C17H26O/c1-13-9-7-8-12-17(13,18)15-11-6-5-10-14(15)16(2,3)4/h5-6,10-11,13,18H,7-9,12H2,1-4H3/t13-,17-/m0/s1. The first-order valence-corrected chi connectivity index (χ1v) is 7.18. The highest BCUT2D eigenvalue weighted by Crippen LogP contribution is 2.44. The Bertz CT molecular complexity index is 416. The van der Waals surface area contributed by atoms with E-state index in [-0.39, 0.29) is 5.41 Å². The molecular formula is C17H26O. The third-order valence-electron chi connectivity index (χ3n) is 4.46. The van der Waals surface area contributed by atoms with E-state index in [2.05, 4.69) is 52.0 Å². The van der Waals surface area contributed by atoms with Crippen molar-refractivity contribution in [2.75, 3.05) is 0 Å². The molecule has 2 atom stereocenters. The maximum absolute atomic E-state index is 11.2. The van der Waals surface area contributed by atoms with E-state index in [1.54, 1.807) is 0 Å². The Morgan fingerprint density at radius 2 is 1.83 bits per heavy atom.